The van der Waals surface area contributed by atoms with E-state index in [1.165, 1.54) is 4.90 Å². The fraction of sp³-hybridized carbons (Fsp3) is 0.529. The molecule has 1 aliphatic rings. The van der Waals surface area contributed by atoms with Crippen molar-refractivity contribution < 1.29 is 14.7 Å². The highest BCUT2D eigenvalue weighted by Crippen LogP contribution is 2.30. The fourth-order valence-electron chi connectivity index (χ4n) is 3.02. The zero-order chi connectivity index (χ0) is 16.3. The van der Waals surface area contributed by atoms with Gasteiger partial charge in [-0.25, -0.2) is 4.79 Å². The van der Waals surface area contributed by atoms with Crippen molar-refractivity contribution in [2.45, 2.75) is 38.0 Å². The normalized spacial score (nSPS) is 22.8. The van der Waals surface area contributed by atoms with E-state index in [4.69, 9.17) is 0 Å². The fourth-order valence-corrected chi connectivity index (χ4v) is 3.17. The molecule has 0 saturated carbocycles. The van der Waals surface area contributed by atoms with Gasteiger partial charge in [0.25, 0.3) is 0 Å². The third-order valence-electron chi connectivity index (χ3n) is 4.28. The number of likely N-dealkylation sites (tertiary alicyclic amines) is 1. The summed E-state index contributed by atoms with van der Waals surface area (Å²) in [5.41, 5.74) is 1.11. The monoisotopic (exact) mass is 321 g/mol. The van der Waals surface area contributed by atoms with Gasteiger partial charge in [0.2, 0.25) is 5.91 Å². The molecule has 1 N–H and O–H groups in total. The summed E-state index contributed by atoms with van der Waals surface area (Å²) in [5.74, 6) is -1.05. The standard InChI is InChI=1S/C17H23NO3S/c1-11(2)15(22)16(19)18-9-8-13(14(18)17(20)21)10-12-6-4-3-5-7-12/h3-7,11,13-15,22H,8-10H2,1-2H3,(H,20,21)/t13-,14+,15+/m1/s1. The Morgan fingerprint density at radius 2 is 1.95 bits per heavy atom. The van der Waals surface area contributed by atoms with Crippen molar-refractivity contribution in [2.24, 2.45) is 11.8 Å². The number of rotatable bonds is 5. The average molecular weight is 321 g/mol. The predicted molar refractivity (Wildman–Crippen MR) is 89.0 cm³/mol. The van der Waals surface area contributed by atoms with Gasteiger partial charge >= 0.3 is 5.97 Å². The number of carboxylic acid groups (broad SMARTS) is 1. The molecule has 1 aromatic rings. The van der Waals surface area contributed by atoms with Crippen LogP contribution in [0.5, 0.6) is 0 Å². The van der Waals surface area contributed by atoms with Crippen LogP contribution < -0.4 is 0 Å². The molecule has 0 bridgehead atoms. The van der Waals surface area contributed by atoms with E-state index in [1.807, 2.05) is 44.2 Å². The first kappa shape index (κ1) is 16.9. The van der Waals surface area contributed by atoms with E-state index in [9.17, 15) is 14.7 Å². The smallest absolute Gasteiger partial charge is 0.326 e. The number of hydrogen-bond acceptors (Lipinski definition) is 3. The molecule has 22 heavy (non-hydrogen) atoms. The van der Waals surface area contributed by atoms with Crippen molar-refractivity contribution in [3.05, 3.63) is 35.9 Å². The molecule has 0 aliphatic carbocycles. The SMILES string of the molecule is CC(C)[C@H](S)C(=O)N1CC[C@H](Cc2ccccc2)[C@H]1C(=O)O. The lowest BCUT2D eigenvalue weighted by molar-refractivity contribution is -0.149. The number of benzene rings is 1. The number of carbonyl (C=O) groups is 2. The lowest BCUT2D eigenvalue weighted by Gasteiger charge is -2.28. The van der Waals surface area contributed by atoms with Gasteiger partial charge in [0.15, 0.2) is 0 Å². The second kappa shape index (κ2) is 7.18. The van der Waals surface area contributed by atoms with Crippen molar-refractivity contribution >= 4 is 24.5 Å². The molecule has 1 aromatic carbocycles. The number of amides is 1. The first-order chi connectivity index (χ1) is 10.4. The number of aliphatic carboxylic acids is 1. The van der Waals surface area contributed by atoms with Gasteiger partial charge in [-0.2, -0.15) is 12.6 Å². The van der Waals surface area contributed by atoms with Gasteiger partial charge in [-0.15, -0.1) is 0 Å². The predicted octanol–water partition coefficient (Wildman–Crippen LogP) is 2.49. The summed E-state index contributed by atoms with van der Waals surface area (Å²) >= 11 is 4.35. The van der Waals surface area contributed by atoms with Crippen LogP contribution in [-0.2, 0) is 16.0 Å². The van der Waals surface area contributed by atoms with Gasteiger partial charge < -0.3 is 10.0 Å². The van der Waals surface area contributed by atoms with E-state index in [1.54, 1.807) is 0 Å². The van der Waals surface area contributed by atoms with E-state index >= 15 is 0 Å². The molecule has 0 unspecified atom stereocenters. The Hall–Kier alpha value is -1.49. The van der Waals surface area contributed by atoms with E-state index in [2.05, 4.69) is 12.6 Å². The summed E-state index contributed by atoms with van der Waals surface area (Å²) in [6.07, 6.45) is 1.40. The number of thiol groups is 1. The van der Waals surface area contributed by atoms with Crippen LogP contribution in [0.25, 0.3) is 0 Å². The molecule has 1 aliphatic heterocycles. The summed E-state index contributed by atoms with van der Waals surface area (Å²) in [4.78, 5) is 25.7. The summed E-state index contributed by atoms with van der Waals surface area (Å²) < 4.78 is 0. The molecule has 0 spiro atoms. The van der Waals surface area contributed by atoms with E-state index in [0.29, 0.717) is 13.0 Å². The summed E-state index contributed by atoms with van der Waals surface area (Å²) in [5, 5.41) is 9.14. The topological polar surface area (TPSA) is 57.6 Å². The molecule has 3 atom stereocenters. The number of hydrogen-bond donors (Lipinski definition) is 2. The molecule has 4 nitrogen and oxygen atoms in total. The molecule has 1 amide bonds. The molecule has 5 heteroatoms. The Balaban J connectivity index is 2.14. The highest BCUT2D eigenvalue weighted by atomic mass is 32.1. The van der Waals surface area contributed by atoms with Gasteiger partial charge in [0.05, 0.1) is 5.25 Å². The Morgan fingerprint density at radius 1 is 1.32 bits per heavy atom. The highest BCUT2D eigenvalue weighted by molar-refractivity contribution is 7.81. The number of carboxylic acids is 1. The van der Waals surface area contributed by atoms with Crippen LogP contribution in [0.3, 0.4) is 0 Å². The Bertz CT molecular complexity index is 532. The third kappa shape index (κ3) is 3.64. The third-order valence-corrected chi connectivity index (χ3v) is 5.10. The zero-order valence-corrected chi connectivity index (χ0v) is 13.9. The first-order valence-corrected chi connectivity index (χ1v) is 8.18. The molecule has 1 saturated heterocycles. The molecule has 1 fully saturated rings. The minimum atomic E-state index is -0.920. The summed E-state index contributed by atoms with van der Waals surface area (Å²) in [7, 11) is 0. The van der Waals surface area contributed by atoms with Crippen molar-refractivity contribution in [2.75, 3.05) is 6.54 Å². The van der Waals surface area contributed by atoms with Crippen molar-refractivity contribution in [3.8, 4) is 0 Å². The molecular formula is C17H23NO3S. The van der Waals surface area contributed by atoms with Crippen LogP contribution in [0, 0.1) is 11.8 Å². The van der Waals surface area contributed by atoms with Crippen LogP contribution in [0.2, 0.25) is 0 Å². The molecule has 2 rings (SSSR count). The zero-order valence-electron chi connectivity index (χ0n) is 13.0. The Labute approximate surface area is 136 Å². The molecule has 0 radical (unpaired) electrons. The molecule has 1 heterocycles. The maximum absolute atomic E-state index is 12.5. The van der Waals surface area contributed by atoms with Crippen molar-refractivity contribution in [1.29, 1.82) is 0 Å². The largest absolute Gasteiger partial charge is 0.480 e. The lowest BCUT2D eigenvalue weighted by Crippen LogP contribution is -2.47. The Kier molecular flexibility index (Phi) is 5.51. The van der Waals surface area contributed by atoms with Crippen LogP contribution >= 0.6 is 12.6 Å². The molecule has 0 aromatic heterocycles. The minimum Gasteiger partial charge on any atom is -0.480 e. The minimum absolute atomic E-state index is 0.0449. The second-order valence-corrected chi connectivity index (χ2v) is 6.80. The average Bonchev–Trinajstić information content (AvgIpc) is 2.90. The van der Waals surface area contributed by atoms with E-state index in [-0.39, 0.29) is 17.7 Å². The van der Waals surface area contributed by atoms with Gasteiger partial charge in [-0.1, -0.05) is 44.2 Å². The van der Waals surface area contributed by atoms with Crippen molar-refractivity contribution in [1.82, 2.24) is 4.90 Å². The lowest BCUT2D eigenvalue weighted by atomic mass is 9.92. The van der Waals surface area contributed by atoms with Gasteiger partial charge in [-0.05, 0) is 30.2 Å². The van der Waals surface area contributed by atoms with Crippen LogP contribution in [0.1, 0.15) is 25.8 Å². The van der Waals surface area contributed by atoms with Crippen LogP contribution in [-0.4, -0.2) is 39.7 Å². The van der Waals surface area contributed by atoms with Gasteiger partial charge in [-0.3, -0.25) is 4.79 Å². The van der Waals surface area contributed by atoms with E-state index < -0.39 is 17.3 Å². The van der Waals surface area contributed by atoms with Crippen LogP contribution in [0.15, 0.2) is 30.3 Å². The summed E-state index contributed by atoms with van der Waals surface area (Å²) in [6, 6.07) is 9.09. The quantitative estimate of drug-likeness (QED) is 0.819. The first-order valence-electron chi connectivity index (χ1n) is 7.67. The van der Waals surface area contributed by atoms with E-state index in [0.717, 1.165) is 12.0 Å². The van der Waals surface area contributed by atoms with Gasteiger partial charge in [0.1, 0.15) is 6.04 Å². The maximum atomic E-state index is 12.5. The number of nitrogens with zero attached hydrogens (tertiary/aromatic N) is 1. The molecule has 120 valence electrons. The highest BCUT2D eigenvalue weighted by Gasteiger charge is 2.43. The summed E-state index contributed by atoms with van der Waals surface area (Å²) in [6.45, 7) is 4.34. The molecular weight excluding hydrogens is 298 g/mol. The Morgan fingerprint density at radius 3 is 2.50 bits per heavy atom. The maximum Gasteiger partial charge on any atom is 0.326 e. The van der Waals surface area contributed by atoms with Crippen LogP contribution in [0.4, 0.5) is 0 Å². The van der Waals surface area contributed by atoms with Crippen molar-refractivity contribution in [3.63, 3.8) is 0 Å². The second-order valence-electron chi connectivity index (χ2n) is 6.24. The number of carbonyl (C=O) groups excluding carboxylic acids is 1. The van der Waals surface area contributed by atoms with Gasteiger partial charge in [0, 0.05) is 6.54 Å².